The molecule has 1 amide bonds. The van der Waals surface area contributed by atoms with Crippen LogP contribution in [0, 0.1) is 6.92 Å². The second-order valence-corrected chi connectivity index (χ2v) is 6.20. The lowest BCUT2D eigenvalue weighted by Gasteiger charge is -2.14. The molecule has 22 heavy (non-hydrogen) atoms. The predicted molar refractivity (Wildman–Crippen MR) is 95.0 cm³/mol. The summed E-state index contributed by atoms with van der Waals surface area (Å²) in [5.74, 6) is 0.0171. The number of benzene rings is 2. The van der Waals surface area contributed by atoms with Gasteiger partial charge in [-0.1, -0.05) is 52.3 Å². The summed E-state index contributed by atoms with van der Waals surface area (Å²) >= 11 is 3.47. The summed E-state index contributed by atoms with van der Waals surface area (Å²) in [6, 6.07) is 16.3. The monoisotopic (exact) mass is 360 g/mol. The Balaban J connectivity index is 1.77. The van der Waals surface area contributed by atoms with E-state index in [0.29, 0.717) is 13.0 Å². The van der Waals surface area contributed by atoms with Gasteiger partial charge in [0, 0.05) is 29.2 Å². The Bertz CT molecular complexity index is 628. The first-order chi connectivity index (χ1) is 10.6. The Morgan fingerprint density at radius 2 is 1.91 bits per heavy atom. The molecule has 1 atom stereocenters. The molecule has 2 aromatic rings. The van der Waals surface area contributed by atoms with Crippen LogP contribution in [0.15, 0.2) is 53.0 Å². The van der Waals surface area contributed by atoms with Crippen LogP contribution >= 0.6 is 15.9 Å². The lowest BCUT2D eigenvalue weighted by atomic mass is 10.1. The molecule has 0 heterocycles. The van der Waals surface area contributed by atoms with Gasteiger partial charge in [-0.25, -0.2) is 0 Å². The van der Waals surface area contributed by atoms with E-state index in [-0.39, 0.29) is 11.9 Å². The van der Waals surface area contributed by atoms with Gasteiger partial charge >= 0.3 is 0 Å². The van der Waals surface area contributed by atoms with Gasteiger partial charge in [0.2, 0.25) is 5.91 Å². The smallest absolute Gasteiger partial charge is 0.225 e. The fraction of sp³-hybridized carbons (Fsp3) is 0.278. The van der Waals surface area contributed by atoms with E-state index in [4.69, 9.17) is 0 Å². The van der Waals surface area contributed by atoms with Crippen LogP contribution < -0.4 is 10.6 Å². The highest BCUT2D eigenvalue weighted by Gasteiger charge is 2.07. The van der Waals surface area contributed by atoms with Gasteiger partial charge in [-0.2, -0.15) is 0 Å². The van der Waals surface area contributed by atoms with E-state index in [1.807, 2.05) is 43.3 Å². The normalized spacial score (nSPS) is 12.0. The van der Waals surface area contributed by atoms with Crippen molar-refractivity contribution in [3.8, 4) is 0 Å². The van der Waals surface area contributed by atoms with Crippen molar-refractivity contribution in [3.05, 3.63) is 64.1 Å². The van der Waals surface area contributed by atoms with E-state index in [1.165, 1.54) is 5.56 Å². The van der Waals surface area contributed by atoms with Crippen molar-refractivity contribution in [2.75, 3.05) is 11.9 Å². The van der Waals surface area contributed by atoms with Crippen LogP contribution in [0.3, 0.4) is 0 Å². The summed E-state index contributed by atoms with van der Waals surface area (Å²) in [6.07, 6.45) is 0.447. The Morgan fingerprint density at radius 1 is 1.18 bits per heavy atom. The minimum Gasteiger partial charge on any atom is -0.326 e. The minimum atomic E-state index is 0.0171. The molecule has 2 rings (SSSR count). The topological polar surface area (TPSA) is 41.1 Å². The Kier molecular flexibility index (Phi) is 6.16. The lowest BCUT2D eigenvalue weighted by molar-refractivity contribution is -0.116. The number of anilines is 1. The van der Waals surface area contributed by atoms with Gasteiger partial charge in [0.1, 0.15) is 0 Å². The van der Waals surface area contributed by atoms with Gasteiger partial charge in [0.25, 0.3) is 0 Å². The lowest BCUT2D eigenvalue weighted by Crippen LogP contribution is -2.24. The molecule has 116 valence electrons. The summed E-state index contributed by atoms with van der Waals surface area (Å²) in [6.45, 7) is 4.77. The zero-order valence-corrected chi connectivity index (χ0v) is 14.5. The van der Waals surface area contributed by atoms with E-state index in [9.17, 15) is 4.79 Å². The van der Waals surface area contributed by atoms with Crippen LogP contribution in [0.2, 0.25) is 0 Å². The summed E-state index contributed by atoms with van der Waals surface area (Å²) in [4.78, 5) is 12.0. The van der Waals surface area contributed by atoms with E-state index in [0.717, 1.165) is 15.7 Å². The number of rotatable bonds is 6. The Labute approximate surface area is 140 Å². The molecule has 1 unspecified atom stereocenters. The number of amides is 1. The van der Waals surface area contributed by atoms with Crippen molar-refractivity contribution in [2.24, 2.45) is 0 Å². The summed E-state index contributed by atoms with van der Waals surface area (Å²) in [7, 11) is 0. The van der Waals surface area contributed by atoms with Crippen LogP contribution in [0.1, 0.15) is 30.5 Å². The third kappa shape index (κ3) is 4.97. The molecule has 0 spiro atoms. The van der Waals surface area contributed by atoms with Crippen molar-refractivity contribution in [3.63, 3.8) is 0 Å². The Morgan fingerprint density at radius 3 is 2.59 bits per heavy atom. The standard InChI is InChI=1S/C18H21BrN2O/c1-13-8-9-16(12-17(13)19)21-18(22)10-11-20-14(2)15-6-4-3-5-7-15/h3-9,12,14,20H,10-11H2,1-2H3,(H,21,22). The molecule has 3 nitrogen and oxygen atoms in total. The number of aryl methyl sites for hydroxylation is 1. The van der Waals surface area contributed by atoms with E-state index >= 15 is 0 Å². The molecule has 4 heteroatoms. The molecule has 0 saturated heterocycles. The first-order valence-electron chi connectivity index (χ1n) is 7.40. The molecule has 0 radical (unpaired) electrons. The third-order valence-electron chi connectivity index (χ3n) is 3.56. The molecule has 2 aromatic carbocycles. The second kappa shape index (κ2) is 8.11. The van der Waals surface area contributed by atoms with Crippen molar-refractivity contribution in [1.29, 1.82) is 0 Å². The fourth-order valence-electron chi connectivity index (χ4n) is 2.16. The van der Waals surface area contributed by atoms with Crippen LogP contribution in [-0.2, 0) is 4.79 Å². The molecule has 0 aliphatic rings. The van der Waals surface area contributed by atoms with Gasteiger partial charge in [-0.15, -0.1) is 0 Å². The van der Waals surface area contributed by atoms with Crippen LogP contribution in [0.5, 0.6) is 0 Å². The quantitative estimate of drug-likeness (QED) is 0.799. The van der Waals surface area contributed by atoms with Crippen molar-refractivity contribution in [1.82, 2.24) is 5.32 Å². The molecule has 0 bridgehead atoms. The molecule has 0 aromatic heterocycles. The Hall–Kier alpha value is -1.65. The average Bonchev–Trinajstić information content (AvgIpc) is 2.51. The fourth-order valence-corrected chi connectivity index (χ4v) is 2.53. The third-order valence-corrected chi connectivity index (χ3v) is 4.41. The second-order valence-electron chi connectivity index (χ2n) is 5.35. The average molecular weight is 361 g/mol. The van der Waals surface area contributed by atoms with E-state index < -0.39 is 0 Å². The maximum atomic E-state index is 12.0. The molecule has 0 aliphatic carbocycles. The van der Waals surface area contributed by atoms with Gasteiger partial charge in [0.05, 0.1) is 0 Å². The number of halogens is 1. The van der Waals surface area contributed by atoms with E-state index in [1.54, 1.807) is 0 Å². The number of hydrogen-bond acceptors (Lipinski definition) is 2. The van der Waals surface area contributed by atoms with E-state index in [2.05, 4.69) is 45.6 Å². The van der Waals surface area contributed by atoms with Gasteiger partial charge in [-0.05, 0) is 37.1 Å². The van der Waals surface area contributed by atoms with Crippen molar-refractivity contribution in [2.45, 2.75) is 26.3 Å². The highest BCUT2D eigenvalue weighted by molar-refractivity contribution is 9.10. The number of carbonyl (C=O) groups excluding carboxylic acids is 1. The molecule has 0 fully saturated rings. The maximum absolute atomic E-state index is 12.0. The van der Waals surface area contributed by atoms with Crippen LogP contribution in [0.4, 0.5) is 5.69 Å². The van der Waals surface area contributed by atoms with Crippen molar-refractivity contribution >= 4 is 27.5 Å². The number of nitrogens with one attached hydrogen (secondary N) is 2. The zero-order valence-electron chi connectivity index (χ0n) is 12.9. The SMILES string of the molecule is Cc1ccc(NC(=O)CCNC(C)c2ccccc2)cc1Br. The predicted octanol–water partition coefficient (Wildman–Crippen LogP) is 4.44. The molecule has 0 aliphatic heterocycles. The minimum absolute atomic E-state index is 0.0171. The number of hydrogen-bond donors (Lipinski definition) is 2. The first-order valence-corrected chi connectivity index (χ1v) is 8.20. The highest BCUT2D eigenvalue weighted by Crippen LogP contribution is 2.20. The van der Waals surface area contributed by atoms with Gasteiger partial charge < -0.3 is 10.6 Å². The van der Waals surface area contributed by atoms with Crippen LogP contribution in [0.25, 0.3) is 0 Å². The first kappa shape index (κ1) is 16.7. The highest BCUT2D eigenvalue weighted by atomic mass is 79.9. The molecule has 2 N–H and O–H groups in total. The molecule has 0 saturated carbocycles. The van der Waals surface area contributed by atoms with Crippen molar-refractivity contribution < 1.29 is 4.79 Å². The molecular formula is C18H21BrN2O. The van der Waals surface area contributed by atoms with Gasteiger partial charge in [-0.3, -0.25) is 4.79 Å². The summed E-state index contributed by atoms with van der Waals surface area (Å²) in [5, 5.41) is 6.28. The largest absolute Gasteiger partial charge is 0.326 e. The molecular weight excluding hydrogens is 340 g/mol. The van der Waals surface area contributed by atoms with Gasteiger partial charge in [0.15, 0.2) is 0 Å². The van der Waals surface area contributed by atoms with Crippen LogP contribution in [-0.4, -0.2) is 12.5 Å². The zero-order chi connectivity index (χ0) is 15.9. The summed E-state index contributed by atoms with van der Waals surface area (Å²) < 4.78 is 1.00. The maximum Gasteiger partial charge on any atom is 0.225 e. The summed E-state index contributed by atoms with van der Waals surface area (Å²) in [5.41, 5.74) is 3.19. The number of carbonyl (C=O) groups is 1.